The Morgan fingerprint density at radius 2 is 2.26 bits per heavy atom. The van der Waals surface area contributed by atoms with Crippen LogP contribution in [-0.4, -0.2) is 35.4 Å². The second-order valence-corrected chi connectivity index (χ2v) is 4.59. The molecule has 0 atom stereocenters. The minimum Gasteiger partial charge on any atom is -0.465 e. The van der Waals surface area contributed by atoms with Crippen molar-refractivity contribution in [3.05, 3.63) is 23.7 Å². The minimum absolute atomic E-state index is 0.359. The number of imidazole rings is 1. The van der Waals surface area contributed by atoms with Crippen molar-refractivity contribution in [3.8, 4) is 11.5 Å². The average molecular weight is 261 g/mol. The lowest BCUT2D eigenvalue weighted by atomic mass is 10.4. The van der Waals surface area contributed by atoms with Gasteiger partial charge in [0.1, 0.15) is 5.69 Å². The summed E-state index contributed by atoms with van der Waals surface area (Å²) in [6, 6.07) is 1.92. The lowest BCUT2D eigenvalue weighted by Gasteiger charge is -2.12. The van der Waals surface area contributed by atoms with Gasteiger partial charge in [-0.2, -0.15) is 5.10 Å². The maximum Gasteiger partial charge on any atom is 0.408 e. The van der Waals surface area contributed by atoms with Gasteiger partial charge < -0.3 is 9.67 Å². The molecular formula is C12H15N5O2. The van der Waals surface area contributed by atoms with Crippen molar-refractivity contribution in [3.63, 3.8) is 0 Å². The van der Waals surface area contributed by atoms with Gasteiger partial charge in [0, 0.05) is 19.8 Å². The SMILES string of the molecule is CCn1c(-c2ccn(C)n2)nc2c1CN(C(=O)O)C2. The summed E-state index contributed by atoms with van der Waals surface area (Å²) in [5.41, 5.74) is 2.64. The molecule has 0 saturated heterocycles. The molecule has 2 aromatic rings. The molecule has 3 rings (SSSR count). The molecule has 1 aliphatic rings. The van der Waals surface area contributed by atoms with Gasteiger partial charge in [0.15, 0.2) is 5.82 Å². The molecule has 0 aromatic carbocycles. The first kappa shape index (κ1) is 11.8. The van der Waals surface area contributed by atoms with Gasteiger partial charge >= 0.3 is 6.09 Å². The Balaban J connectivity index is 2.02. The van der Waals surface area contributed by atoms with Crippen molar-refractivity contribution in [1.29, 1.82) is 0 Å². The van der Waals surface area contributed by atoms with Gasteiger partial charge in [-0.3, -0.25) is 9.58 Å². The van der Waals surface area contributed by atoms with Crippen molar-refractivity contribution in [2.45, 2.75) is 26.6 Å². The maximum absolute atomic E-state index is 11.0. The summed E-state index contributed by atoms with van der Waals surface area (Å²) in [7, 11) is 1.86. The van der Waals surface area contributed by atoms with Crippen molar-refractivity contribution in [2.24, 2.45) is 7.05 Å². The molecule has 0 saturated carbocycles. The maximum atomic E-state index is 11.0. The zero-order chi connectivity index (χ0) is 13.6. The van der Waals surface area contributed by atoms with Crippen LogP contribution in [0.15, 0.2) is 12.3 Å². The Hall–Kier alpha value is -2.31. The molecule has 0 spiro atoms. The minimum atomic E-state index is -0.903. The third-order valence-corrected chi connectivity index (χ3v) is 3.37. The molecule has 2 aromatic heterocycles. The third-order valence-electron chi connectivity index (χ3n) is 3.37. The first-order chi connectivity index (χ1) is 9.10. The van der Waals surface area contributed by atoms with E-state index in [1.807, 2.05) is 30.8 Å². The topological polar surface area (TPSA) is 76.2 Å². The summed E-state index contributed by atoms with van der Waals surface area (Å²) in [5, 5.41) is 13.4. The largest absolute Gasteiger partial charge is 0.465 e. The van der Waals surface area contributed by atoms with Gasteiger partial charge in [-0.15, -0.1) is 0 Å². The van der Waals surface area contributed by atoms with Crippen LogP contribution in [0.1, 0.15) is 18.3 Å². The summed E-state index contributed by atoms with van der Waals surface area (Å²) in [6.07, 6.45) is 0.971. The Labute approximate surface area is 110 Å². The van der Waals surface area contributed by atoms with E-state index >= 15 is 0 Å². The van der Waals surface area contributed by atoms with Gasteiger partial charge in [-0.05, 0) is 13.0 Å². The zero-order valence-electron chi connectivity index (χ0n) is 10.9. The number of carboxylic acid groups (broad SMARTS) is 1. The lowest BCUT2D eigenvalue weighted by Crippen LogP contribution is -2.24. The molecule has 3 heterocycles. The molecule has 1 N–H and O–H groups in total. The molecule has 19 heavy (non-hydrogen) atoms. The smallest absolute Gasteiger partial charge is 0.408 e. The standard InChI is InChI=1S/C12H15N5O2/c1-3-17-10-7-16(12(18)19)6-9(10)13-11(17)8-4-5-15(2)14-8/h4-5H,3,6-7H2,1-2H3,(H,18,19). The summed E-state index contributed by atoms with van der Waals surface area (Å²) in [4.78, 5) is 16.9. The summed E-state index contributed by atoms with van der Waals surface area (Å²) >= 11 is 0. The van der Waals surface area contributed by atoms with E-state index < -0.39 is 6.09 Å². The quantitative estimate of drug-likeness (QED) is 0.884. The Morgan fingerprint density at radius 1 is 1.47 bits per heavy atom. The Morgan fingerprint density at radius 3 is 2.84 bits per heavy atom. The molecule has 0 fully saturated rings. The molecule has 100 valence electrons. The first-order valence-corrected chi connectivity index (χ1v) is 6.16. The molecule has 0 radical (unpaired) electrons. The van der Waals surface area contributed by atoms with Crippen LogP contribution in [0.5, 0.6) is 0 Å². The lowest BCUT2D eigenvalue weighted by molar-refractivity contribution is 0.144. The van der Waals surface area contributed by atoms with Crippen LogP contribution in [0.25, 0.3) is 11.5 Å². The highest BCUT2D eigenvalue weighted by molar-refractivity contribution is 5.66. The van der Waals surface area contributed by atoms with Gasteiger partial charge in [0.2, 0.25) is 0 Å². The third kappa shape index (κ3) is 1.78. The Bertz CT molecular complexity index is 643. The van der Waals surface area contributed by atoms with Crippen LogP contribution in [0.2, 0.25) is 0 Å². The highest BCUT2D eigenvalue weighted by atomic mass is 16.4. The average Bonchev–Trinajstić information content (AvgIpc) is 3.00. The van der Waals surface area contributed by atoms with Crippen LogP contribution < -0.4 is 0 Å². The van der Waals surface area contributed by atoms with Crippen molar-refractivity contribution in [2.75, 3.05) is 0 Å². The number of nitrogens with zero attached hydrogens (tertiary/aromatic N) is 5. The highest BCUT2D eigenvalue weighted by Crippen LogP contribution is 2.28. The number of hydrogen-bond donors (Lipinski definition) is 1. The van der Waals surface area contributed by atoms with Crippen molar-refractivity contribution >= 4 is 6.09 Å². The number of rotatable bonds is 2. The van der Waals surface area contributed by atoms with Crippen LogP contribution in [0.4, 0.5) is 4.79 Å². The number of carbonyl (C=O) groups is 1. The normalized spacial score (nSPS) is 13.9. The van der Waals surface area contributed by atoms with Crippen LogP contribution in [-0.2, 0) is 26.7 Å². The number of fused-ring (bicyclic) bond motifs is 1. The van der Waals surface area contributed by atoms with Crippen molar-refractivity contribution in [1.82, 2.24) is 24.2 Å². The molecule has 7 nitrogen and oxygen atoms in total. The summed E-state index contributed by atoms with van der Waals surface area (Å²) in [6.45, 7) is 3.54. The molecule has 7 heteroatoms. The van der Waals surface area contributed by atoms with E-state index in [1.54, 1.807) is 4.68 Å². The number of aromatic nitrogens is 4. The van der Waals surface area contributed by atoms with E-state index in [0.29, 0.717) is 13.1 Å². The molecule has 0 aliphatic carbocycles. The van der Waals surface area contributed by atoms with Crippen LogP contribution >= 0.6 is 0 Å². The van der Waals surface area contributed by atoms with E-state index in [0.717, 1.165) is 29.5 Å². The molecule has 1 amide bonds. The second-order valence-electron chi connectivity index (χ2n) is 4.59. The summed E-state index contributed by atoms with van der Waals surface area (Å²) in [5.74, 6) is 0.818. The first-order valence-electron chi connectivity index (χ1n) is 6.16. The van der Waals surface area contributed by atoms with E-state index in [-0.39, 0.29) is 0 Å². The fraction of sp³-hybridized carbons (Fsp3) is 0.417. The predicted molar refractivity (Wildman–Crippen MR) is 67.4 cm³/mol. The Kier molecular flexibility index (Phi) is 2.55. The molecule has 0 unspecified atom stereocenters. The van der Waals surface area contributed by atoms with E-state index in [2.05, 4.69) is 10.1 Å². The van der Waals surface area contributed by atoms with Gasteiger partial charge in [-0.1, -0.05) is 0 Å². The molecular weight excluding hydrogens is 246 g/mol. The monoisotopic (exact) mass is 261 g/mol. The van der Waals surface area contributed by atoms with Crippen molar-refractivity contribution < 1.29 is 9.90 Å². The van der Waals surface area contributed by atoms with Gasteiger partial charge in [0.05, 0.1) is 24.5 Å². The van der Waals surface area contributed by atoms with Crippen LogP contribution in [0, 0.1) is 0 Å². The highest BCUT2D eigenvalue weighted by Gasteiger charge is 2.29. The van der Waals surface area contributed by atoms with Gasteiger partial charge in [-0.25, -0.2) is 9.78 Å². The number of aryl methyl sites for hydroxylation is 1. The number of amides is 1. The molecule has 0 bridgehead atoms. The van der Waals surface area contributed by atoms with E-state index in [4.69, 9.17) is 5.11 Å². The predicted octanol–water partition coefficient (Wildman–Crippen LogP) is 1.30. The second kappa shape index (κ2) is 4.11. The zero-order valence-corrected chi connectivity index (χ0v) is 10.9. The fourth-order valence-electron chi connectivity index (χ4n) is 2.46. The van der Waals surface area contributed by atoms with E-state index in [9.17, 15) is 4.79 Å². The van der Waals surface area contributed by atoms with Crippen LogP contribution in [0.3, 0.4) is 0 Å². The number of hydrogen-bond acceptors (Lipinski definition) is 3. The summed E-state index contributed by atoms with van der Waals surface area (Å²) < 4.78 is 3.78. The van der Waals surface area contributed by atoms with E-state index in [1.165, 1.54) is 4.90 Å². The fourth-order valence-corrected chi connectivity index (χ4v) is 2.46. The van der Waals surface area contributed by atoms with Gasteiger partial charge in [0.25, 0.3) is 0 Å². The molecule has 1 aliphatic heterocycles.